The van der Waals surface area contributed by atoms with Crippen molar-refractivity contribution in [2.75, 3.05) is 6.54 Å². The van der Waals surface area contributed by atoms with Crippen LogP contribution < -0.4 is 5.32 Å². The Hall–Kier alpha value is -1.12. The molecule has 0 aliphatic heterocycles. The van der Waals surface area contributed by atoms with Gasteiger partial charge in [-0.3, -0.25) is 0 Å². The van der Waals surface area contributed by atoms with Crippen molar-refractivity contribution in [2.45, 2.75) is 53.7 Å². The van der Waals surface area contributed by atoms with E-state index in [0.29, 0.717) is 12.5 Å². The van der Waals surface area contributed by atoms with Crippen LogP contribution in [0.25, 0.3) is 0 Å². The molecule has 0 saturated heterocycles. The fourth-order valence-corrected chi connectivity index (χ4v) is 2.80. The van der Waals surface area contributed by atoms with Crippen molar-refractivity contribution in [3.8, 4) is 0 Å². The summed E-state index contributed by atoms with van der Waals surface area (Å²) in [6, 6.07) is 2.23. The molecule has 112 valence electrons. The first kappa shape index (κ1) is 16.9. The van der Waals surface area contributed by atoms with Crippen molar-refractivity contribution in [1.29, 1.82) is 0 Å². The largest absolute Gasteiger partial charge is 0.387 e. The average molecular weight is 275 g/mol. The van der Waals surface area contributed by atoms with Crippen molar-refractivity contribution in [2.24, 2.45) is 5.92 Å². The van der Waals surface area contributed by atoms with Crippen LogP contribution >= 0.6 is 0 Å². The molecule has 0 heterocycles. The van der Waals surface area contributed by atoms with E-state index < -0.39 is 6.10 Å². The smallest absolute Gasteiger partial charge is 0.0950 e. The van der Waals surface area contributed by atoms with Gasteiger partial charge in [0.15, 0.2) is 0 Å². The summed E-state index contributed by atoms with van der Waals surface area (Å²) in [6.45, 7) is 17.2. The maximum Gasteiger partial charge on any atom is 0.0950 e. The predicted molar refractivity (Wildman–Crippen MR) is 87.2 cm³/mol. The third kappa shape index (κ3) is 3.50. The van der Waals surface area contributed by atoms with Crippen LogP contribution in [0.3, 0.4) is 0 Å². The summed E-state index contributed by atoms with van der Waals surface area (Å²) in [7, 11) is 0. The molecule has 2 atom stereocenters. The lowest BCUT2D eigenvalue weighted by Crippen LogP contribution is -2.40. The molecule has 2 N–H and O–H groups in total. The van der Waals surface area contributed by atoms with E-state index in [2.05, 4.69) is 59.5 Å². The Balaban J connectivity index is 3.24. The Morgan fingerprint density at radius 3 is 2.05 bits per heavy atom. The molecule has 2 heteroatoms. The van der Waals surface area contributed by atoms with E-state index in [0.717, 1.165) is 5.56 Å². The van der Waals surface area contributed by atoms with Gasteiger partial charge in [-0.05, 0) is 61.4 Å². The number of benzene rings is 1. The van der Waals surface area contributed by atoms with Gasteiger partial charge < -0.3 is 10.4 Å². The zero-order valence-electron chi connectivity index (χ0n) is 13.7. The normalized spacial score (nSPS) is 14.4. The highest BCUT2D eigenvalue weighted by Gasteiger charge is 2.26. The first-order valence-electron chi connectivity index (χ1n) is 7.40. The number of hydrogen-bond donors (Lipinski definition) is 2. The second kappa shape index (κ2) is 7.05. The minimum Gasteiger partial charge on any atom is -0.387 e. The van der Waals surface area contributed by atoms with Gasteiger partial charge in [-0.25, -0.2) is 0 Å². The zero-order valence-corrected chi connectivity index (χ0v) is 13.7. The van der Waals surface area contributed by atoms with Crippen molar-refractivity contribution in [3.63, 3.8) is 0 Å². The highest BCUT2D eigenvalue weighted by Crippen LogP contribution is 2.31. The quantitative estimate of drug-likeness (QED) is 0.775. The number of aliphatic hydroxyl groups excluding tert-OH is 1. The second-order valence-corrected chi connectivity index (χ2v) is 6.09. The SMILES string of the molecule is C=CCNC(C(C)C)C(O)c1c(C)c(C)cc(C)c1C. The van der Waals surface area contributed by atoms with Crippen molar-refractivity contribution in [1.82, 2.24) is 5.32 Å². The Labute approximate surface area is 123 Å². The van der Waals surface area contributed by atoms with Crippen LogP contribution in [-0.2, 0) is 0 Å². The first-order chi connectivity index (χ1) is 9.31. The van der Waals surface area contributed by atoms with Gasteiger partial charge in [0, 0.05) is 12.6 Å². The monoisotopic (exact) mass is 275 g/mol. The molecule has 0 aliphatic rings. The van der Waals surface area contributed by atoms with E-state index in [1.54, 1.807) is 0 Å². The van der Waals surface area contributed by atoms with Crippen molar-refractivity contribution < 1.29 is 5.11 Å². The topological polar surface area (TPSA) is 32.3 Å². The molecule has 2 unspecified atom stereocenters. The van der Waals surface area contributed by atoms with Gasteiger partial charge in [0.1, 0.15) is 0 Å². The Morgan fingerprint density at radius 2 is 1.65 bits per heavy atom. The third-order valence-corrected chi connectivity index (χ3v) is 4.28. The van der Waals surface area contributed by atoms with Gasteiger partial charge in [-0.15, -0.1) is 6.58 Å². The molecule has 1 rings (SSSR count). The lowest BCUT2D eigenvalue weighted by Gasteiger charge is -2.30. The molecule has 0 aromatic heterocycles. The molecule has 2 nitrogen and oxygen atoms in total. The summed E-state index contributed by atoms with van der Waals surface area (Å²) in [5.74, 6) is 0.351. The molecule has 0 spiro atoms. The van der Waals surface area contributed by atoms with Gasteiger partial charge in [-0.1, -0.05) is 26.0 Å². The molecule has 0 saturated carbocycles. The summed E-state index contributed by atoms with van der Waals surface area (Å²) in [5.41, 5.74) is 5.97. The minimum atomic E-state index is -0.492. The van der Waals surface area contributed by atoms with Gasteiger partial charge >= 0.3 is 0 Å². The van der Waals surface area contributed by atoms with Crippen molar-refractivity contribution >= 4 is 0 Å². The molecule has 1 aromatic rings. The number of rotatable bonds is 6. The molecule has 1 aromatic carbocycles. The minimum absolute atomic E-state index is 0.0339. The molecular weight excluding hydrogens is 246 g/mol. The van der Waals surface area contributed by atoms with Crippen LogP contribution in [0.2, 0.25) is 0 Å². The summed E-state index contributed by atoms with van der Waals surface area (Å²) >= 11 is 0. The fourth-order valence-electron chi connectivity index (χ4n) is 2.80. The zero-order chi connectivity index (χ0) is 15.4. The number of aryl methyl sites for hydroxylation is 2. The first-order valence-corrected chi connectivity index (χ1v) is 7.40. The highest BCUT2D eigenvalue weighted by atomic mass is 16.3. The maximum atomic E-state index is 10.9. The lowest BCUT2D eigenvalue weighted by atomic mass is 9.85. The average Bonchev–Trinajstić information content (AvgIpc) is 2.37. The van der Waals surface area contributed by atoms with E-state index in [1.165, 1.54) is 22.3 Å². The van der Waals surface area contributed by atoms with Crippen LogP contribution in [-0.4, -0.2) is 17.7 Å². The van der Waals surface area contributed by atoms with Gasteiger partial charge in [0.05, 0.1) is 6.10 Å². The molecule has 0 aliphatic carbocycles. The van der Waals surface area contributed by atoms with Crippen LogP contribution in [0.15, 0.2) is 18.7 Å². The highest BCUT2D eigenvalue weighted by molar-refractivity contribution is 5.45. The maximum absolute atomic E-state index is 10.9. The van der Waals surface area contributed by atoms with Gasteiger partial charge in [0.25, 0.3) is 0 Å². The molecule has 20 heavy (non-hydrogen) atoms. The van der Waals surface area contributed by atoms with E-state index in [-0.39, 0.29) is 6.04 Å². The van der Waals surface area contributed by atoms with E-state index in [9.17, 15) is 5.11 Å². The summed E-state index contributed by atoms with van der Waals surface area (Å²) in [6.07, 6.45) is 1.34. The molecule has 0 bridgehead atoms. The van der Waals surface area contributed by atoms with E-state index >= 15 is 0 Å². The van der Waals surface area contributed by atoms with Crippen LogP contribution in [0.5, 0.6) is 0 Å². The molecular formula is C18H29NO. The van der Waals surface area contributed by atoms with Gasteiger partial charge in [-0.2, -0.15) is 0 Å². The predicted octanol–water partition coefficient (Wildman–Crippen LogP) is 3.75. The van der Waals surface area contributed by atoms with E-state index in [1.807, 2.05) is 6.08 Å². The third-order valence-electron chi connectivity index (χ3n) is 4.28. The Kier molecular flexibility index (Phi) is 5.97. The van der Waals surface area contributed by atoms with E-state index in [4.69, 9.17) is 0 Å². The second-order valence-electron chi connectivity index (χ2n) is 6.09. The molecule has 0 fully saturated rings. The number of aliphatic hydroxyl groups is 1. The fraction of sp³-hybridized carbons (Fsp3) is 0.556. The number of nitrogens with one attached hydrogen (secondary N) is 1. The van der Waals surface area contributed by atoms with Crippen LogP contribution in [0, 0.1) is 33.6 Å². The Bertz CT molecular complexity index is 451. The molecule has 0 radical (unpaired) electrons. The van der Waals surface area contributed by atoms with Crippen LogP contribution in [0.1, 0.15) is 47.8 Å². The molecule has 0 amide bonds. The summed E-state index contributed by atoms with van der Waals surface area (Å²) in [5, 5.41) is 14.3. The van der Waals surface area contributed by atoms with Gasteiger partial charge in [0.2, 0.25) is 0 Å². The van der Waals surface area contributed by atoms with Crippen molar-refractivity contribution in [3.05, 3.63) is 46.5 Å². The summed E-state index contributed by atoms with van der Waals surface area (Å²) < 4.78 is 0. The number of hydrogen-bond acceptors (Lipinski definition) is 2. The Morgan fingerprint density at radius 1 is 1.15 bits per heavy atom. The summed E-state index contributed by atoms with van der Waals surface area (Å²) in [4.78, 5) is 0. The van der Waals surface area contributed by atoms with Crippen LogP contribution in [0.4, 0.5) is 0 Å². The standard InChI is InChI=1S/C18H29NO/c1-8-9-19-17(11(2)3)18(20)16-14(6)12(4)10-13(5)15(16)7/h8,10-11,17-20H,1,9H2,2-7H3. The lowest BCUT2D eigenvalue weighted by molar-refractivity contribution is 0.106.